The van der Waals surface area contributed by atoms with Crippen molar-refractivity contribution in [2.45, 2.75) is 33.7 Å². The zero-order chi connectivity index (χ0) is 16.0. The predicted octanol–water partition coefficient (Wildman–Crippen LogP) is 2.57. The molecule has 6 nitrogen and oxygen atoms in total. The Kier molecular flexibility index (Phi) is 5.72. The van der Waals surface area contributed by atoms with Gasteiger partial charge in [-0.05, 0) is 36.6 Å². The van der Waals surface area contributed by atoms with E-state index in [0.717, 1.165) is 0 Å². The van der Waals surface area contributed by atoms with Crippen LogP contribution < -0.4 is 16.4 Å². The molecule has 0 saturated heterocycles. The van der Waals surface area contributed by atoms with E-state index in [1.54, 1.807) is 31.2 Å². The Morgan fingerprint density at radius 3 is 2.05 bits per heavy atom. The van der Waals surface area contributed by atoms with Crippen LogP contribution in [0.5, 0.6) is 0 Å². The molecular weight excluding hydrogens is 270 g/mol. The number of carbonyl (C=O) groups is 2. The molecule has 0 saturated carbocycles. The topological polar surface area (TPSA) is 93.5 Å². The number of hydrogen-bond acceptors (Lipinski definition) is 4. The van der Waals surface area contributed by atoms with E-state index in [4.69, 9.17) is 10.5 Å². The number of ether oxygens (including phenoxy) is 1. The molecule has 1 atom stereocenters. The predicted molar refractivity (Wildman–Crippen MR) is 83.1 cm³/mol. The summed E-state index contributed by atoms with van der Waals surface area (Å²) in [5, 5.41) is 5.32. The van der Waals surface area contributed by atoms with Gasteiger partial charge in [-0.15, -0.1) is 0 Å². The van der Waals surface area contributed by atoms with Gasteiger partial charge in [0.05, 0.1) is 12.6 Å². The Balaban J connectivity index is 2.63. The van der Waals surface area contributed by atoms with Gasteiger partial charge >= 0.3 is 6.09 Å². The maximum atomic E-state index is 12.0. The molecular formula is C15H23N3O3. The van der Waals surface area contributed by atoms with E-state index in [-0.39, 0.29) is 11.3 Å². The van der Waals surface area contributed by atoms with Crippen molar-refractivity contribution in [3.63, 3.8) is 0 Å². The van der Waals surface area contributed by atoms with E-state index >= 15 is 0 Å². The molecule has 0 heterocycles. The van der Waals surface area contributed by atoms with Gasteiger partial charge in [0.2, 0.25) is 5.91 Å². The fourth-order valence-electron chi connectivity index (χ4n) is 1.54. The molecule has 0 fully saturated rings. The molecule has 0 aromatic heterocycles. The largest absolute Gasteiger partial charge is 0.450 e. The van der Waals surface area contributed by atoms with Crippen molar-refractivity contribution in [1.82, 2.24) is 0 Å². The van der Waals surface area contributed by atoms with Gasteiger partial charge in [0.25, 0.3) is 0 Å². The van der Waals surface area contributed by atoms with Crippen LogP contribution in [-0.4, -0.2) is 24.6 Å². The fourth-order valence-corrected chi connectivity index (χ4v) is 1.54. The van der Waals surface area contributed by atoms with Gasteiger partial charge in [-0.1, -0.05) is 20.8 Å². The molecule has 1 aromatic carbocycles. The number of nitrogens with two attached hydrogens (primary N) is 1. The summed E-state index contributed by atoms with van der Waals surface area (Å²) in [5.74, 6) is -0.242. The quantitative estimate of drug-likeness (QED) is 0.795. The highest BCUT2D eigenvalue weighted by molar-refractivity contribution is 5.95. The van der Waals surface area contributed by atoms with Crippen LogP contribution in [0.1, 0.15) is 27.7 Å². The van der Waals surface area contributed by atoms with Gasteiger partial charge in [-0.25, -0.2) is 4.79 Å². The van der Waals surface area contributed by atoms with Gasteiger partial charge in [0, 0.05) is 11.4 Å². The van der Waals surface area contributed by atoms with Crippen molar-refractivity contribution in [2.24, 2.45) is 11.1 Å². The molecule has 0 bridgehead atoms. The number of anilines is 2. The first-order valence-electron chi connectivity index (χ1n) is 6.84. The monoisotopic (exact) mass is 293 g/mol. The minimum atomic E-state index is -0.602. The average molecular weight is 293 g/mol. The first-order chi connectivity index (χ1) is 9.74. The van der Waals surface area contributed by atoms with E-state index in [1.807, 2.05) is 20.8 Å². The lowest BCUT2D eigenvalue weighted by Gasteiger charge is -2.25. The number of benzene rings is 1. The molecule has 0 aliphatic rings. The maximum Gasteiger partial charge on any atom is 0.411 e. The molecule has 0 aliphatic carbocycles. The number of carbonyl (C=O) groups excluding carboxylic acids is 2. The van der Waals surface area contributed by atoms with E-state index in [2.05, 4.69) is 10.6 Å². The molecule has 0 unspecified atom stereocenters. The second-order valence-corrected chi connectivity index (χ2v) is 5.76. The van der Waals surface area contributed by atoms with Crippen LogP contribution in [0.25, 0.3) is 0 Å². The standard InChI is InChI=1S/C15H23N3O3/c1-5-21-14(20)18-11-8-6-10(7-9-11)17-13(19)12(16)15(2,3)4/h6-9,12H,5,16H2,1-4H3,(H,17,19)(H,18,20)/t12-/m0/s1. The van der Waals surface area contributed by atoms with Gasteiger partial charge in [-0.2, -0.15) is 0 Å². The van der Waals surface area contributed by atoms with Crippen molar-refractivity contribution in [3.8, 4) is 0 Å². The van der Waals surface area contributed by atoms with Crippen molar-refractivity contribution in [3.05, 3.63) is 24.3 Å². The van der Waals surface area contributed by atoms with Crippen LogP contribution >= 0.6 is 0 Å². The first-order valence-corrected chi connectivity index (χ1v) is 6.84. The van der Waals surface area contributed by atoms with Crippen LogP contribution in [0.2, 0.25) is 0 Å². The second kappa shape index (κ2) is 7.08. The van der Waals surface area contributed by atoms with Gasteiger partial charge in [0.1, 0.15) is 0 Å². The number of hydrogen-bond donors (Lipinski definition) is 3. The van der Waals surface area contributed by atoms with Crippen molar-refractivity contribution < 1.29 is 14.3 Å². The molecule has 0 spiro atoms. The number of rotatable bonds is 4. The molecule has 116 valence electrons. The summed E-state index contributed by atoms with van der Waals surface area (Å²) in [7, 11) is 0. The third kappa shape index (κ3) is 5.43. The SMILES string of the molecule is CCOC(=O)Nc1ccc(NC(=O)[C@H](N)C(C)(C)C)cc1. The molecule has 4 N–H and O–H groups in total. The molecule has 0 radical (unpaired) electrons. The van der Waals surface area contributed by atoms with E-state index in [0.29, 0.717) is 18.0 Å². The number of nitrogens with one attached hydrogen (secondary N) is 2. The highest BCUT2D eigenvalue weighted by Gasteiger charge is 2.27. The fraction of sp³-hybridized carbons (Fsp3) is 0.467. The summed E-state index contributed by atoms with van der Waals surface area (Å²) in [5.41, 5.74) is 6.78. The van der Waals surface area contributed by atoms with Crippen LogP contribution in [-0.2, 0) is 9.53 Å². The molecule has 1 aromatic rings. The highest BCUT2D eigenvalue weighted by atomic mass is 16.5. The summed E-state index contributed by atoms with van der Waals surface area (Å²) in [6.07, 6.45) is -0.510. The molecule has 21 heavy (non-hydrogen) atoms. The smallest absolute Gasteiger partial charge is 0.411 e. The maximum absolute atomic E-state index is 12.0. The normalized spacial score (nSPS) is 12.4. The van der Waals surface area contributed by atoms with Crippen LogP contribution in [0.15, 0.2) is 24.3 Å². The average Bonchev–Trinajstić information content (AvgIpc) is 2.39. The molecule has 0 aliphatic heterocycles. The lowest BCUT2D eigenvalue weighted by Crippen LogP contribution is -2.45. The second-order valence-electron chi connectivity index (χ2n) is 5.76. The van der Waals surface area contributed by atoms with Crippen LogP contribution in [0.3, 0.4) is 0 Å². The zero-order valence-corrected chi connectivity index (χ0v) is 12.9. The zero-order valence-electron chi connectivity index (χ0n) is 12.9. The Morgan fingerprint density at radius 2 is 1.62 bits per heavy atom. The Morgan fingerprint density at radius 1 is 1.14 bits per heavy atom. The lowest BCUT2D eigenvalue weighted by atomic mass is 9.87. The summed E-state index contributed by atoms with van der Waals surface area (Å²) in [4.78, 5) is 23.2. The van der Waals surface area contributed by atoms with Crippen molar-refractivity contribution in [1.29, 1.82) is 0 Å². The Labute approximate surface area is 125 Å². The van der Waals surface area contributed by atoms with Gasteiger partial charge < -0.3 is 15.8 Å². The van der Waals surface area contributed by atoms with Gasteiger partial charge in [-0.3, -0.25) is 10.1 Å². The Bertz CT molecular complexity index is 492. The Hall–Kier alpha value is -2.08. The van der Waals surface area contributed by atoms with E-state index in [1.165, 1.54) is 0 Å². The third-order valence-electron chi connectivity index (χ3n) is 2.89. The summed E-state index contributed by atoms with van der Waals surface area (Å²) in [6, 6.07) is 6.13. The third-order valence-corrected chi connectivity index (χ3v) is 2.89. The van der Waals surface area contributed by atoms with Gasteiger partial charge in [0.15, 0.2) is 0 Å². The minimum Gasteiger partial charge on any atom is -0.450 e. The minimum absolute atomic E-state index is 0.242. The van der Waals surface area contributed by atoms with Crippen molar-refractivity contribution in [2.75, 3.05) is 17.2 Å². The van der Waals surface area contributed by atoms with Crippen LogP contribution in [0.4, 0.5) is 16.2 Å². The highest BCUT2D eigenvalue weighted by Crippen LogP contribution is 2.19. The van der Waals surface area contributed by atoms with Crippen molar-refractivity contribution >= 4 is 23.4 Å². The molecule has 1 rings (SSSR count). The van der Waals surface area contributed by atoms with Crippen LogP contribution in [0, 0.1) is 5.41 Å². The molecule has 2 amide bonds. The summed E-state index contributed by atoms with van der Waals surface area (Å²) < 4.78 is 4.77. The van der Waals surface area contributed by atoms with E-state index in [9.17, 15) is 9.59 Å². The van der Waals surface area contributed by atoms with E-state index < -0.39 is 12.1 Å². The number of amides is 2. The summed E-state index contributed by atoms with van der Waals surface area (Å²) in [6.45, 7) is 7.76. The first kappa shape index (κ1) is 17.0. The summed E-state index contributed by atoms with van der Waals surface area (Å²) >= 11 is 0. The lowest BCUT2D eigenvalue weighted by molar-refractivity contribution is -0.119. The molecule has 6 heteroatoms.